The summed E-state index contributed by atoms with van der Waals surface area (Å²) in [7, 11) is 0. The lowest BCUT2D eigenvalue weighted by Crippen LogP contribution is -2.15. The number of anilines is 2. The first kappa shape index (κ1) is 22.0. The molecular formula is C25H18F3N3O2. The monoisotopic (exact) mass is 449 g/mol. The Morgan fingerprint density at radius 2 is 1.67 bits per heavy atom. The van der Waals surface area contributed by atoms with Crippen LogP contribution < -0.4 is 10.6 Å². The van der Waals surface area contributed by atoms with Gasteiger partial charge in [-0.25, -0.2) is 0 Å². The van der Waals surface area contributed by atoms with Gasteiger partial charge in [0.1, 0.15) is 0 Å². The summed E-state index contributed by atoms with van der Waals surface area (Å²) in [6.07, 6.45) is -1.27. The third kappa shape index (κ3) is 4.85. The average molecular weight is 449 g/mol. The molecule has 0 saturated carbocycles. The van der Waals surface area contributed by atoms with Crippen LogP contribution in [-0.4, -0.2) is 16.8 Å². The number of aryl methyl sites for hydroxylation is 1. The number of amides is 2. The first-order chi connectivity index (χ1) is 15.7. The molecule has 0 aliphatic rings. The number of rotatable bonds is 4. The maximum atomic E-state index is 12.9. The third-order valence-corrected chi connectivity index (χ3v) is 5.12. The molecule has 33 heavy (non-hydrogen) atoms. The summed E-state index contributed by atoms with van der Waals surface area (Å²) in [5.41, 5.74) is 0.987. The number of hydrogen-bond donors (Lipinski definition) is 2. The summed E-state index contributed by atoms with van der Waals surface area (Å²) in [6.45, 7) is 1.79. The molecule has 8 heteroatoms. The van der Waals surface area contributed by atoms with E-state index in [0.717, 1.165) is 28.5 Å². The van der Waals surface area contributed by atoms with Gasteiger partial charge >= 0.3 is 6.18 Å². The molecule has 0 unspecified atom stereocenters. The molecule has 0 fully saturated rings. The van der Waals surface area contributed by atoms with Crippen molar-refractivity contribution >= 4 is 34.0 Å². The fourth-order valence-corrected chi connectivity index (χ4v) is 3.38. The zero-order chi connectivity index (χ0) is 23.6. The molecular weight excluding hydrogens is 431 g/mol. The van der Waals surface area contributed by atoms with Crippen LogP contribution in [0, 0.1) is 6.92 Å². The van der Waals surface area contributed by atoms with Gasteiger partial charge in [0.05, 0.1) is 5.56 Å². The van der Waals surface area contributed by atoms with Gasteiger partial charge in [-0.05, 0) is 60.3 Å². The van der Waals surface area contributed by atoms with Crippen molar-refractivity contribution in [1.82, 2.24) is 4.98 Å². The van der Waals surface area contributed by atoms with Crippen LogP contribution in [0.3, 0.4) is 0 Å². The van der Waals surface area contributed by atoms with Crippen molar-refractivity contribution < 1.29 is 22.8 Å². The summed E-state index contributed by atoms with van der Waals surface area (Å²) < 4.78 is 38.8. The average Bonchev–Trinajstić information content (AvgIpc) is 2.80. The molecule has 166 valence electrons. The Bertz CT molecular complexity index is 1360. The molecule has 0 radical (unpaired) electrons. The molecule has 0 aliphatic carbocycles. The van der Waals surface area contributed by atoms with E-state index in [1.807, 2.05) is 6.07 Å². The number of aromatic nitrogens is 1. The van der Waals surface area contributed by atoms with Gasteiger partial charge in [-0.15, -0.1) is 0 Å². The summed E-state index contributed by atoms with van der Waals surface area (Å²) in [6, 6.07) is 16.1. The van der Waals surface area contributed by atoms with Crippen molar-refractivity contribution in [2.45, 2.75) is 13.1 Å². The van der Waals surface area contributed by atoms with Crippen molar-refractivity contribution in [3.63, 3.8) is 0 Å². The van der Waals surface area contributed by atoms with E-state index in [1.165, 1.54) is 12.1 Å². The predicted octanol–water partition coefficient (Wildman–Crippen LogP) is 6.07. The van der Waals surface area contributed by atoms with Gasteiger partial charge in [-0.1, -0.05) is 24.3 Å². The van der Waals surface area contributed by atoms with Crippen LogP contribution in [0.4, 0.5) is 24.5 Å². The lowest BCUT2D eigenvalue weighted by Gasteiger charge is -2.13. The summed E-state index contributed by atoms with van der Waals surface area (Å²) >= 11 is 0. The van der Waals surface area contributed by atoms with E-state index in [1.54, 1.807) is 55.7 Å². The number of alkyl halides is 3. The quantitative estimate of drug-likeness (QED) is 0.397. The SMILES string of the molecule is Cc1ccc(NC(=O)c2cccc(C(F)(F)F)c2)cc1NC(=O)c1cccc2cnccc12. The second-order valence-electron chi connectivity index (χ2n) is 7.42. The maximum absolute atomic E-state index is 12.9. The molecule has 0 bridgehead atoms. The van der Waals surface area contributed by atoms with Gasteiger partial charge in [-0.2, -0.15) is 13.2 Å². The third-order valence-electron chi connectivity index (χ3n) is 5.12. The second-order valence-corrected chi connectivity index (χ2v) is 7.42. The van der Waals surface area contributed by atoms with Gasteiger partial charge < -0.3 is 10.6 Å². The number of fused-ring (bicyclic) bond motifs is 1. The molecule has 0 saturated heterocycles. The highest BCUT2D eigenvalue weighted by Gasteiger charge is 2.30. The minimum atomic E-state index is -4.55. The Balaban J connectivity index is 1.56. The van der Waals surface area contributed by atoms with Gasteiger partial charge in [0.15, 0.2) is 0 Å². The molecule has 2 amide bonds. The smallest absolute Gasteiger partial charge is 0.322 e. The van der Waals surface area contributed by atoms with Gasteiger partial charge in [0.2, 0.25) is 0 Å². The van der Waals surface area contributed by atoms with E-state index in [-0.39, 0.29) is 11.5 Å². The molecule has 5 nitrogen and oxygen atoms in total. The van der Waals surface area contributed by atoms with E-state index < -0.39 is 17.6 Å². The fraction of sp³-hybridized carbons (Fsp3) is 0.0800. The standard InChI is InChI=1S/C25H18F3N3O2/c1-15-8-9-19(30-23(32)16-4-2-6-18(12-16)25(26,27)28)13-22(15)31-24(33)21-7-3-5-17-14-29-11-10-20(17)21/h2-14H,1H3,(H,30,32)(H,31,33). The maximum Gasteiger partial charge on any atom is 0.416 e. The van der Waals surface area contributed by atoms with E-state index >= 15 is 0 Å². The summed E-state index contributed by atoms with van der Waals surface area (Å²) in [5.74, 6) is -1.03. The van der Waals surface area contributed by atoms with E-state index in [0.29, 0.717) is 16.9 Å². The number of hydrogen-bond acceptors (Lipinski definition) is 3. The number of halogens is 3. The fourth-order valence-electron chi connectivity index (χ4n) is 3.38. The predicted molar refractivity (Wildman–Crippen MR) is 120 cm³/mol. The molecule has 1 aromatic heterocycles. The van der Waals surface area contributed by atoms with Crippen LogP contribution >= 0.6 is 0 Å². The highest BCUT2D eigenvalue weighted by atomic mass is 19.4. The first-order valence-electron chi connectivity index (χ1n) is 9.96. The van der Waals surface area contributed by atoms with E-state index in [9.17, 15) is 22.8 Å². The Labute approximate surface area is 187 Å². The molecule has 4 aromatic rings. The van der Waals surface area contributed by atoms with Gasteiger partial charge in [0.25, 0.3) is 11.8 Å². The highest BCUT2D eigenvalue weighted by molar-refractivity contribution is 6.13. The van der Waals surface area contributed by atoms with E-state index in [2.05, 4.69) is 15.6 Å². The lowest BCUT2D eigenvalue weighted by molar-refractivity contribution is -0.137. The summed E-state index contributed by atoms with van der Waals surface area (Å²) in [4.78, 5) is 29.5. The molecule has 4 rings (SSSR count). The van der Waals surface area contributed by atoms with Crippen LogP contribution in [-0.2, 0) is 6.18 Å². The van der Waals surface area contributed by atoms with Gasteiger partial charge in [0, 0.05) is 40.3 Å². The molecule has 2 N–H and O–H groups in total. The molecule has 1 heterocycles. The Kier molecular flexibility index (Phi) is 5.83. The summed E-state index contributed by atoms with van der Waals surface area (Å²) in [5, 5.41) is 6.99. The van der Waals surface area contributed by atoms with Crippen LogP contribution in [0.5, 0.6) is 0 Å². The zero-order valence-corrected chi connectivity index (χ0v) is 17.4. The molecule has 0 atom stereocenters. The van der Waals surface area contributed by atoms with Crippen LogP contribution in [0.1, 0.15) is 31.8 Å². The van der Waals surface area contributed by atoms with Crippen molar-refractivity contribution in [2.24, 2.45) is 0 Å². The van der Waals surface area contributed by atoms with Crippen LogP contribution in [0.25, 0.3) is 10.8 Å². The number of nitrogens with one attached hydrogen (secondary N) is 2. The largest absolute Gasteiger partial charge is 0.416 e. The first-order valence-corrected chi connectivity index (χ1v) is 9.96. The van der Waals surface area contributed by atoms with E-state index in [4.69, 9.17) is 0 Å². The van der Waals surface area contributed by atoms with Gasteiger partial charge in [-0.3, -0.25) is 14.6 Å². The Morgan fingerprint density at radius 3 is 2.45 bits per heavy atom. The zero-order valence-electron chi connectivity index (χ0n) is 17.4. The number of nitrogens with zero attached hydrogens (tertiary/aromatic N) is 1. The number of carbonyl (C=O) groups excluding carboxylic acids is 2. The molecule has 3 aromatic carbocycles. The number of benzene rings is 3. The second kappa shape index (κ2) is 8.74. The topological polar surface area (TPSA) is 71.1 Å². The van der Waals surface area contributed by atoms with Crippen molar-refractivity contribution in [2.75, 3.05) is 10.6 Å². The molecule has 0 spiro atoms. The minimum Gasteiger partial charge on any atom is -0.322 e. The molecule has 0 aliphatic heterocycles. The van der Waals surface area contributed by atoms with Crippen LogP contribution in [0.2, 0.25) is 0 Å². The minimum absolute atomic E-state index is 0.125. The lowest BCUT2D eigenvalue weighted by atomic mass is 10.1. The normalized spacial score (nSPS) is 11.3. The number of pyridine rings is 1. The van der Waals surface area contributed by atoms with Crippen LogP contribution in [0.15, 0.2) is 79.1 Å². The Morgan fingerprint density at radius 1 is 0.879 bits per heavy atom. The van der Waals surface area contributed by atoms with Crippen molar-refractivity contribution in [3.8, 4) is 0 Å². The Hall–Kier alpha value is -4.20. The van der Waals surface area contributed by atoms with Crippen molar-refractivity contribution in [3.05, 3.63) is 101 Å². The van der Waals surface area contributed by atoms with Crippen molar-refractivity contribution in [1.29, 1.82) is 0 Å². The number of carbonyl (C=O) groups is 2. The highest BCUT2D eigenvalue weighted by Crippen LogP contribution is 2.30.